The number of hydrogen-bond donors (Lipinski definition) is 1. The van der Waals surface area contributed by atoms with E-state index in [4.69, 9.17) is 4.42 Å². The van der Waals surface area contributed by atoms with Gasteiger partial charge in [0.05, 0.1) is 6.54 Å². The highest BCUT2D eigenvalue weighted by atomic mass is 16.3. The van der Waals surface area contributed by atoms with E-state index in [1.807, 2.05) is 18.2 Å². The van der Waals surface area contributed by atoms with Crippen LogP contribution in [-0.4, -0.2) is 55.6 Å². The monoisotopic (exact) mass is 341 g/mol. The van der Waals surface area contributed by atoms with Crippen LogP contribution < -0.4 is 5.32 Å². The molecular weight excluding hydrogens is 310 g/mol. The van der Waals surface area contributed by atoms with E-state index in [0.717, 1.165) is 30.2 Å². The Morgan fingerprint density at radius 3 is 2.44 bits per heavy atom. The Labute approximate surface area is 151 Å². The number of piperazine rings is 1. The molecule has 2 heterocycles. The number of nitrogens with one attached hydrogen (secondary N) is 1. The highest BCUT2D eigenvalue weighted by Gasteiger charge is 2.17. The van der Waals surface area contributed by atoms with Gasteiger partial charge in [0.2, 0.25) is 0 Å². The molecule has 0 saturated carbocycles. The van der Waals surface area contributed by atoms with Gasteiger partial charge in [-0.15, -0.1) is 0 Å². The molecule has 136 valence electrons. The summed E-state index contributed by atoms with van der Waals surface area (Å²) in [4.78, 5) is 5.12. The molecule has 3 rings (SSSR count). The molecule has 0 spiro atoms. The largest absolute Gasteiger partial charge is 0.460 e. The summed E-state index contributed by atoms with van der Waals surface area (Å²) in [5, 5.41) is 3.54. The molecule has 1 aliphatic rings. The molecule has 1 unspecified atom stereocenters. The second kappa shape index (κ2) is 9.18. The van der Waals surface area contributed by atoms with Gasteiger partial charge in [0.25, 0.3) is 0 Å². The summed E-state index contributed by atoms with van der Waals surface area (Å²) in [5.41, 5.74) is 1.13. The normalized spacial score (nSPS) is 17.7. The van der Waals surface area contributed by atoms with Crippen LogP contribution in [0.1, 0.15) is 19.6 Å². The molecule has 1 aromatic carbocycles. The summed E-state index contributed by atoms with van der Waals surface area (Å²) < 4.78 is 5.95. The van der Waals surface area contributed by atoms with Crippen LogP contribution >= 0.6 is 0 Å². The third-order valence-corrected chi connectivity index (χ3v) is 4.99. The zero-order chi connectivity index (χ0) is 17.5. The van der Waals surface area contributed by atoms with Crippen molar-refractivity contribution >= 4 is 0 Å². The lowest BCUT2D eigenvalue weighted by Gasteiger charge is -2.35. The minimum Gasteiger partial charge on any atom is -0.460 e. The van der Waals surface area contributed by atoms with Crippen LogP contribution in [0.4, 0.5) is 0 Å². The van der Waals surface area contributed by atoms with Crippen molar-refractivity contribution in [3.05, 3.63) is 48.2 Å². The van der Waals surface area contributed by atoms with Crippen LogP contribution in [0.3, 0.4) is 0 Å². The average Bonchev–Trinajstić information content (AvgIpc) is 3.12. The van der Waals surface area contributed by atoms with Crippen molar-refractivity contribution in [2.75, 3.05) is 45.8 Å². The Bertz CT molecular complexity index is 617. The van der Waals surface area contributed by atoms with Crippen LogP contribution in [0.25, 0.3) is 11.3 Å². The van der Waals surface area contributed by atoms with Gasteiger partial charge < -0.3 is 19.5 Å². The topological polar surface area (TPSA) is 31.6 Å². The molecule has 1 saturated heterocycles. The summed E-state index contributed by atoms with van der Waals surface area (Å²) in [6.07, 6.45) is 0. The predicted molar refractivity (Wildman–Crippen MR) is 104 cm³/mol. The second-order valence-corrected chi connectivity index (χ2v) is 7.10. The van der Waals surface area contributed by atoms with Crippen LogP contribution in [-0.2, 0) is 6.54 Å². The Balaban J connectivity index is 1.37. The quantitative estimate of drug-likeness (QED) is 0.798. The Hall–Kier alpha value is -1.62. The van der Waals surface area contributed by atoms with Crippen molar-refractivity contribution < 1.29 is 4.42 Å². The van der Waals surface area contributed by atoms with E-state index in [-0.39, 0.29) is 0 Å². The molecule has 1 N–H and O–H groups in total. The van der Waals surface area contributed by atoms with Crippen molar-refractivity contribution in [3.8, 4) is 11.3 Å². The van der Waals surface area contributed by atoms with Crippen molar-refractivity contribution in [2.45, 2.75) is 20.4 Å². The lowest BCUT2D eigenvalue weighted by atomic mass is 10.1. The number of rotatable bonds is 8. The van der Waals surface area contributed by atoms with Crippen LogP contribution in [0.5, 0.6) is 0 Å². The van der Waals surface area contributed by atoms with E-state index in [0.29, 0.717) is 5.92 Å². The molecular formula is C21H31N3O. The van der Waals surface area contributed by atoms with E-state index < -0.39 is 0 Å². The van der Waals surface area contributed by atoms with Gasteiger partial charge in [-0.2, -0.15) is 0 Å². The van der Waals surface area contributed by atoms with Crippen molar-refractivity contribution in [2.24, 2.45) is 5.92 Å². The summed E-state index contributed by atoms with van der Waals surface area (Å²) in [7, 11) is 0. The fraction of sp³-hybridized carbons (Fsp3) is 0.524. The number of benzene rings is 1. The van der Waals surface area contributed by atoms with Gasteiger partial charge in [0.15, 0.2) is 0 Å². The first-order valence-electron chi connectivity index (χ1n) is 9.54. The number of hydrogen-bond acceptors (Lipinski definition) is 4. The first-order chi connectivity index (χ1) is 12.2. The third-order valence-electron chi connectivity index (χ3n) is 4.99. The van der Waals surface area contributed by atoms with E-state index in [9.17, 15) is 0 Å². The first kappa shape index (κ1) is 18.2. The number of furan rings is 1. The fourth-order valence-electron chi connectivity index (χ4n) is 3.47. The zero-order valence-corrected chi connectivity index (χ0v) is 15.6. The van der Waals surface area contributed by atoms with Gasteiger partial charge in [-0.05, 0) is 31.1 Å². The van der Waals surface area contributed by atoms with E-state index in [2.05, 4.69) is 53.2 Å². The van der Waals surface area contributed by atoms with Crippen LogP contribution in [0.2, 0.25) is 0 Å². The molecule has 0 amide bonds. The minimum atomic E-state index is 0.650. The molecule has 0 radical (unpaired) electrons. The number of likely N-dealkylation sites (N-methyl/N-ethyl adjacent to an activating group) is 1. The van der Waals surface area contributed by atoms with Gasteiger partial charge >= 0.3 is 0 Å². The van der Waals surface area contributed by atoms with Gasteiger partial charge in [0.1, 0.15) is 11.5 Å². The molecule has 2 aromatic rings. The second-order valence-electron chi connectivity index (χ2n) is 7.10. The minimum absolute atomic E-state index is 0.650. The molecule has 1 aromatic heterocycles. The Kier molecular flexibility index (Phi) is 6.68. The third kappa shape index (κ3) is 5.43. The summed E-state index contributed by atoms with van der Waals surface area (Å²) >= 11 is 0. The molecule has 0 bridgehead atoms. The summed E-state index contributed by atoms with van der Waals surface area (Å²) in [5.74, 6) is 2.60. The van der Waals surface area contributed by atoms with E-state index in [1.165, 1.54) is 39.3 Å². The average molecular weight is 341 g/mol. The molecule has 0 aliphatic carbocycles. The molecule has 1 fully saturated rings. The van der Waals surface area contributed by atoms with Gasteiger partial charge in [-0.25, -0.2) is 0 Å². The highest BCUT2D eigenvalue weighted by Crippen LogP contribution is 2.21. The molecule has 1 aliphatic heterocycles. The standard InChI is InChI=1S/C21H31N3O/c1-3-23-11-13-24(14-12-23)17-18(2)15-22-16-20-9-10-21(25-20)19-7-5-4-6-8-19/h4-10,18,22H,3,11-17H2,1-2H3. The molecule has 4 nitrogen and oxygen atoms in total. The van der Waals surface area contributed by atoms with Crippen LogP contribution in [0.15, 0.2) is 46.9 Å². The SMILES string of the molecule is CCN1CCN(CC(C)CNCc2ccc(-c3ccccc3)o2)CC1. The molecule has 1 atom stereocenters. The Morgan fingerprint density at radius 2 is 1.72 bits per heavy atom. The fourth-order valence-corrected chi connectivity index (χ4v) is 3.47. The number of nitrogens with zero attached hydrogens (tertiary/aromatic N) is 2. The van der Waals surface area contributed by atoms with E-state index in [1.54, 1.807) is 0 Å². The maximum absolute atomic E-state index is 5.95. The lowest BCUT2D eigenvalue weighted by molar-refractivity contribution is 0.124. The maximum atomic E-state index is 5.95. The predicted octanol–water partition coefficient (Wildman–Crippen LogP) is 3.31. The zero-order valence-electron chi connectivity index (χ0n) is 15.6. The lowest BCUT2D eigenvalue weighted by Crippen LogP contribution is -2.48. The van der Waals surface area contributed by atoms with Crippen molar-refractivity contribution in [1.29, 1.82) is 0 Å². The maximum Gasteiger partial charge on any atom is 0.134 e. The summed E-state index contributed by atoms with van der Waals surface area (Å²) in [6.45, 7) is 13.6. The van der Waals surface area contributed by atoms with E-state index >= 15 is 0 Å². The van der Waals surface area contributed by atoms with Gasteiger partial charge in [-0.1, -0.05) is 44.2 Å². The molecule has 25 heavy (non-hydrogen) atoms. The van der Waals surface area contributed by atoms with Crippen LogP contribution in [0, 0.1) is 5.92 Å². The van der Waals surface area contributed by atoms with Gasteiger partial charge in [0, 0.05) is 38.3 Å². The Morgan fingerprint density at radius 1 is 1.00 bits per heavy atom. The molecule has 4 heteroatoms. The van der Waals surface area contributed by atoms with Gasteiger partial charge in [-0.3, -0.25) is 0 Å². The first-order valence-corrected chi connectivity index (χ1v) is 9.54. The smallest absolute Gasteiger partial charge is 0.134 e. The van der Waals surface area contributed by atoms with Crippen molar-refractivity contribution in [3.63, 3.8) is 0 Å². The highest BCUT2D eigenvalue weighted by molar-refractivity contribution is 5.57. The van der Waals surface area contributed by atoms with Crippen molar-refractivity contribution in [1.82, 2.24) is 15.1 Å². The summed E-state index contributed by atoms with van der Waals surface area (Å²) in [6, 6.07) is 14.4.